The van der Waals surface area contributed by atoms with Crippen LogP contribution in [0.5, 0.6) is 0 Å². The third kappa shape index (κ3) is 1.15. The molecule has 0 radical (unpaired) electrons. The van der Waals surface area contributed by atoms with Gasteiger partial charge in [-0.2, -0.15) is 10.2 Å². The Kier molecular flexibility index (Phi) is 2.11. The molecule has 0 aromatic carbocycles. The number of aryl methyl sites for hydroxylation is 1. The molecule has 3 heterocycles. The zero-order chi connectivity index (χ0) is 13.0. The number of carbonyl (C=O) groups excluding carboxylic acids is 1. The van der Waals surface area contributed by atoms with Crippen molar-refractivity contribution in [3.8, 4) is 0 Å². The summed E-state index contributed by atoms with van der Waals surface area (Å²) in [7, 11) is 0. The Morgan fingerprint density at radius 1 is 1.61 bits per heavy atom. The van der Waals surface area contributed by atoms with Crippen LogP contribution in [0.15, 0.2) is 6.20 Å². The van der Waals surface area contributed by atoms with E-state index in [4.69, 9.17) is 0 Å². The molecule has 1 fully saturated rings. The van der Waals surface area contributed by atoms with Gasteiger partial charge in [-0.25, -0.2) is 9.59 Å². The molecular formula is C10H12N4O4. The number of carboxylic acids is 1. The van der Waals surface area contributed by atoms with Gasteiger partial charge >= 0.3 is 12.0 Å². The Balaban J connectivity index is 2.21. The summed E-state index contributed by atoms with van der Waals surface area (Å²) in [6.07, 6.45) is 1.53. The van der Waals surface area contributed by atoms with Crippen LogP contribution in [-0.4, -0.2) is 48.6 Å². The molecule has 1 aromatic rings. The zero-order valence-corrected chi connectivity index (χ0v) is 9.65. The second-order valence-electron chi connectivity index (χ2n) is 4.34. The summed E-state index contributed by atoms with van der Waals surface area (Å²) < 4.78 is 1.56. The lowest BCUT2D eigenvalue weighted by Gasteiger charge is -2.28. The van der Waals surface area contributed by atoms with Gasteiger partial charge in [-0.05, 0) is 6.92 Å². The van der Waals surface area contributed by atoms with Gasteiger partial charge in [0.2, 0.25) is 0 Å². The third-order valence-electron chi connectivity index (χ3n) is 3.48. The lowest BCUT2D eigenvalue weighted by atomic mass is 9.98. The average Bonchev–Trinajstić information content (AvgIpc) is 2.86. The predicted octanol–water partition coefficient (Wildman–Crippen LogP) is 0.210. The molecule has 18 heavy (non-hydrogen) atoms. The molecule has 2 unspecified atom stereocenters. The van der Waals surface area contributed by atoms with E-state index in [0.717, 1.165) is 4.90 Å². The van der Waals surface area contributed by atoms with E-state index in [0.29, 0.717) is 22.9 Å². The second kappa shape index (κ2) is 3.45. The first-order valence-corrected chi connectivity index (χ1v) is 5.63. The molecule has 2 aliphatic heterocycles. The molecule has 2 atom stereocenters. The summed E-state index contributed by atoms with van der Waals surface area (Å²) in [4.78, 5) is 24.3. The van der Waals surface area contributed by atoms with E-state index in [1.807, 2.05) is 6.92 Å². The molecule has 0 spiro atoms. The molecule has 8 heteroatoms. The summed E-state index contributed by atoms with van der Waals surface area (Å²) in [5, 5.41) is 23.7. The van der Waals surface area contributed by atoms with Crippen LogP contribution in [0.25, 0.3) is 0 Å². The van der Waals surface area contributed by atoms with Gasteiger partial charge in [-0.3, -0.25) is 9.89 Å². The minimum Gasteiger partial charge on any atom is -0.479 e. The highest BCUT2D eigenvalue weighted by atomic mass is 16.5. The highest BCUT2D eigenvalue weighted by Crippen LogP contribution is 2.42. The zero-order valence-electron chi connectivity index (χ0n) is 9.65. The van der Waals surface area contributed by atoms with Gasteiger partial charge in [0.25, 0.3) is 0 Å². The molecule has 2 bridgehead atoms. The number of hydrogen-bond donors (Lipinski definition) is 2. The van der Waals surface area contributed by atoms with E-state index in [1.165, 1.54) is 6.20 Å². The van der Waals surface area contributed by atoms with E-state index < -0.39 is 24.1 Å². The Hall–Kier alpha value is -2.09. The maximum Gasteiger partial charge on any atom is 0.345 e. The number of hydroxylamine groups is 2. The fourth-order valence-corrected chi connectivity index (χ4v) is 2.67. The van der Waals surface area contributed by atoms with Gasteiger partial charge < -0.3 is 10.0 Å². The van der Waals surface area contributed by atoms with Crippen molar-refractivity contribution in [3.05, 3.63) is 17.5 Å². The second-order valence-corrected chi connectivity index (χ2v) is 4.34. The quantitative estimate of drug-likeness (QED) is 0.733. The monoisotopic (exact) mass is 252 g/mol. The van der Waals surface area contributed by atoms with Crippen LogP contribution in [0.4, 0.5) is 4.79 Å². The maximum absolute atomic E-state index is 11.8. The normalized spacial score (nSPS) is 25.6. The summed E-state index contributed by atoms with van der Waals surface area (Å²) in [6.45, 7) is 2.53. The van der Waals surface area contributed by atoms with Crippen molar-refractivity contribution in [1.82, 2.24) is 19.7 Å². The summed E-state index contributed by atoms with van der Waals surface area (Å²) in [5.41, 5.74) is 1.08. The number of hydrogen-bond acceptors (Lipinski definition) is 4. The standard InChI is InChI=1S/C10H12N4O4/c1-2-13-7-5(3-11-13)6-4-12(8(7)9(15)16)10(17)14(6)18/h3,6,8,18H,2,4H2,1H3,(H,15,16). The molecule has 2 N–H and O–H groups in total. The number of aliphatic carboxylic acids is 1. The molecule has 1 saturated heterocycles. The number of carbonyl (C=O) groups is 2. The number of urea groups is 1. The smallest absolute Gasteiger partial charge is 0.345 e. The third-order valence-corrected chi connectivity index (χ3v) is 3.48. The van der Waals surface area contributed by atoms with Crippen molar-refractivity contribution in [2.24, 2.45) is 0 Å². The molecule has 0 saturated carbocycles. The predicted molar refractivity (Wildman–Crippen MR) is 56.7 cm³/mol. The molecule has 3 rings (SSSR count). The van der Waals surface area contributed by atoms with E-state index in [2.05, 4.69) is 5.10 Å². The molecule has 0 aliphatic carbocycles. The summed E-state index contributed by atoms with van der Waals surface area (Å²) in [6, 6.07) is -2.28. The van der Waals surface area contributed by atoms with Crippen molar-refractivity contribution in [2.75, 3.05) is 6.54 Å². The van der Waals surface area contributed by atoms with Crippen LogP contribution in [0.1, 0.15) is 30.3 Å². The number of amides is 2. The van der Waals surface area contributed by atoms with Gasteiger partial charge in [0.1, 0.15) is 6.04 Å². The van der Waals surface area contributed by atoms with Gasteiger partial charge in [0.15, 0.2) is 6.04 Å². The van der Waals surface area contributed by atoms with E-state index >= 15 is 0 Å². The molecule has 96 valence electrons. The number of carboxylic acid groups (broad SMARTS) is 1. The first kappa shape index (κ1) is 11.0. The van der Waals surface area contributed by atoms with Gasteiger partial charge in [-0.15, -0.1) is 0 Å². The Labute approximate surface area is 102 Å². The number of nitrogens with zero attached hydrogens (tertiary/aromatic N) is 4. The van der Waals surface area contributed by atoms with Crippen molar-refractivity contribution in [3.63, 3.8) is 0 Å². The number of fused-ring (bicyclic) bond motifs is 4. The topological polar surface area (TPSA) is 98.9 Å². The number of aromatic nitrogens is 2. The molecule has 1 aromatic heterocycles. The van der Waals surface area contributed by atoms with Gasteiger partial charge in [0.05, 0.1) is 18.4 Å². The average molecular weight is 252 g/mol. The lowest BCUT2D eigenvalue weighted by molar-refractivity contribution is -0.142. The Morgan fingerprint density at radius 2 is 2.33 bits per heavy atom. The highest BCUT2D eigenvalue weighted by molar-refractivity contribution is 5.86. The molecule has 2 amide bonds. The van der Waals surface area contributed by atoms with Crippen LogP contribution in [0, 0.1) is 0 Å². The highest BCUT2D eigenvalue weighted by Gasteiger charge is 2.51. The van der Waals surface area contributed by atoms with Crippen molar-refractivity contribution >= 4 is 12.0 Å². The van der Waals surface area contributed by atoms with Crippen molar-refractivity contribution in [1.29, 1.82) is 0 Å². The minimum absolute atomic E-state index is 0.175. The Morgan fingerprint density at radius 3 is 2.94 bits per heavy atom. The largest absolute Gasteiger partial charge is 0.479 e. The fraction of sp³-hybridized carbons (Fsp3) is 0.500. The van der Waals surface area contributed by atoms with Crippen LogP contribution in [0.2, 0.25) is 0 Å². The SMILES string of the molecule is CCn1ncc2c1C(C(=O)O)N1CC2N(O)C1=O. The minimum atomic E-state index is -1.12. The van der Waals surface area contributed by atoms with E-state index in [9.17, 15) is 19.9 Å². The van der Waals surface area contributed by atoms with E-state index in [-0.39, 0.29) is 6.54 Å². The Bertz CT molecular complexity index is 540. The first-order valence-electron chi connectivity index (χ1n) is 5.63. The van der Waals surface area contributed by atoms with Crippen molar-refractivity contribution in [2.45, 2.75) is 25.6 Å². The van der Waals surface area contributed by atoms with Crippen LogP contribution >= 0.6 is 0 Å². The molecular weight excluding hydrogens is 240 g/mol. The van der Waals surface area contributed by atoms with Gasteiger partial charge in [0, 0.05) is 12.1 Å². The summed E-state index contributed by atoms with van der Waals surface area (Å²) >= 11 is 0. The van der Waals surface area contributed by atoms with Gasteiger partial charge in [-0.1, -0.05) is 0 Å². The van der Waals surface area contributed by atoms with Crippen LogP contribution in [0.3, 0.4) is 0 Å². The first-order chi connectivity index (χ1) is 8.56. The molecule has 8 nitrogen and oxygen atoms in total. The fourth-order valence-electron chi connectivity index (χ4n) is 2.67. The number of rotatable bonds is 2. The van der Waals surface area contributed by atoms with Crippen molar-refractivity contribution < 1.29 is 19.9 Å². The van der Waals surface area contributed by atoms with Crippen LogP contribution in [-0.2, 0) is 11.3 Å². The van der Waals surface area contributed by atoms with E-state index in [1.54, 1.807) is 4.68 Å². The molecule has 2 aliphatic rings. The van der Waals surface area contributed by atoms with Crippen LogP contribution < -0.4 is 0 Å². The summed E-state index contributed by atoms with van der Waals surface area (Å²) in [5.74, 6) is -1.12. The maximum atomic E-state index is 11.8. The lowest BCUT2D eigenvalue weighted by Crippen LogP contribution is -2.39.